The Hall–Kier alpha value is -1.02. The second-order valence-corrected chi connectivity index (χ2v) is 6.07. The van der Waals surface area contributed by atoms with Gasteiger partial charge in [0, 0.05) is 25.2 Å². The Balaban J connectivity index is 2.28. The SMILES string of the molecule is CNCCNS(=O)(=O)c1cc2c(cc1Cl)OCCO2. The second-order valence-electron chi connectivity index (χ2n) is 3.93. The Morgan fingerprint density at radius 1 is 1.21 bits per heavy atom. The third-order valence-corrected chi connectivity index (χ3v) is 4.48. The van der Waals surface area contributed by atoms with Crippen LogP contribution in [0.2, 0.25) is 5.02 Å². The average molecular weight is 307 g/mol. The van der Waals surface area contributed by atoms with Crippen molar-refractivity contribution in [3.05, 3.63) is 17.2 Å². The first kappa shape index (κ1) is 14.4. The largest absolute Gasteiger partial charge is 0.486 e. The summed E-state index contributed by atoms with van der Waals surface area (Å²) in [5.74, 6) is 0.857. The number of hydrogen-bond acceptors (Lipinski definition) is 5. The zero-order valence-electron chi connectivity index (χ0n) is 10.4. The van der Waals surface area contributed by atoms with Crippen molar-refractivity contribution < 1.29 is 17.9 Å². The van der Waals surface area contributed by atoms with Crippen LogP contribution < -0.4 is 19.5 Å². The number of likely N-dealkylation sites (N-methyl/N-ethyl adjacent to an activating group) is 1. The molecule has 0 unspecified atom stereocenters. The van der Waals surface area contributed by atoms with Gasteiger partial charge in [0.05, 0.1) is 5.02 Å². The van der Waals surface area contributed by atoms with Gasteiger partial charge in [-0.05, 0) is 7.05 Å². The Kier molecular flexibility index (Phi) is 4.51. The molecule has 0 fully saturated rings. The third kappa shape index (κ3) is 3.30. The fourth-order valence-electron chi connectivity index (χ4n) is 1.64. The van der Waals surface area contributed by atoms with E-state index in [0.717, 1.165) is 0 Å². The number of fused-ring (bicyclic) bond motifs is 1. The number of nitrogens with one attached hydrogen (secondary N) is 2. The van der Waals surface area contributed by atoms with Gasteiger partial charge < -0.3 is 14.8 Å². The van der Waals surface area contributed by atoms with Crippen LogP contribution in [-0.4, -0.2) is 41.8 Å². The zero-order valence-corrected chi connectivity index (χ0v) is 12.0. The van der Waals surface area contributed by atoms with E-state index in [1.165, 1.54) is 12.1 Å². The van der Waals surface area contributed by atoms with Crippen molar-refractivity contribution in [2.45, 2.75) is 4.90 Å². The lowest BCUT2D eigenvalue weighted by Crippen LogP contribution is -2.30. The summed E-state index contributed by atoms with van der Waals surface area (Å²) >= 11 is 5.99. The third-order valence-electron chi connectivity index (χ3n) is 2.55. The average Bonchev–Trinajstić information content (AvgIpc) is 2.38. The van der Waals surface area contributed by atoms with Gasteiger partial charge in [-0.2, -0.15) is 0 Å². The summed E-state index contributed by atoms with van der Waals surface area (Å²) in [7, 11) is -1.91. The monoisotopic (exact) mass is 306 g/mol. The summed E-state index contributed by atoms with van der Waals surface area (Å²) in [5, 5.41) is 2.96. The molecule has 0 aliphatic carbocycles. The van der Waals surface area contributed by atoms with Gasteiger partial charge >= 0.3 is 0 Å². The van der Waals surface area contributed by atoms with Gasteiger partial charge in [0.2, 0.25) is 10.0 Å². The smallest absolute Gasteiger partial charge is 0.242 e. The standard InChI is InChI=1S/C11H15ClN2O4S/c1-13-2-3-14-19(15,16)11-7-10-9(6-8(11)12)17-4-5-18-10/h6-7,13-14H,2-5H2,1H3. The van der Waals surface area contributed by atoms with Crippen LogP contribution in [0.5, 0.6) is 11.5 Å². The van der Waals surface area contributed by atoms with Gasteiger partial charge in [0.1, 0.15) is 18.1 Å². The molecular weight excluding hydrogens is 292 g/mol. The van der Waals surface area contributed by atoms with E-state index < -0.39 is 10.0 Å². The molecule has 6 nitrogen and oxygen atoms in total. The Bertz CT molecular complexity index is 562. The van der Waals surface area contributed by atoms with Gasteiger partial charge in [-0.25, -0.2) is 13.1 Å². The van der Waals surface area contributed by atoms with E-state index in [0.29, 0.717) is 31.3 Å². The molecule has 0 spiro atoms. The van der Waals surface area contributed by atoms with Gasteiger partial charge in [0.25, 0.3) is 0 Å². The maximum Gasteiger partial charge on any atom is 0.242 e. The first-order valence-electron chi connectivity index (χ1n) is 5.78. The van der Waals surface area contributed by atoms with Crippen LogP contribution in [0.3, 0.4) is 0 Å². The van der Waals surface area contributed by atoms with Gasteiger partial charge in [-0.1, -0.05) is 11.6 Å². The minimum absolute atomic E-state index is 0.00507. The van der Waals surface area contributed by atoms with Crippen molar-refractivity contribution in [2.75, 3.05) is 33.4 Å². The molecule has 0 amide bonds. The van der Waals surface area contributed by atoms with Crippen LogP contribution in [0.25, 0.3) is 0 Å². The first-order valence-corrected chi connectivity index (χ1v) is 7.64. The van der Waals surface area contributed by atoms with E-state index in [2.05, 4.69) is 10.0 Å². The molecule has 0 aromatic heterocycles. The topological polar surface area (TPSA) is 76.7 Å². The Morgan fingerprint density at radius 3 is 2.47 bits per heavy atom. The fourth-order valence-corrected chi connectivity index (χ4v) is 3.20. The van der Waals surface area contributed by atoms with Crippen LogP contribution >= 0.6 is 11.6 Å². The van der Waals surface area contributed by atoms with E-state index in [-0.39, 0.29) is 16.5 Å². The van der Waals surface area contributed by atoms with E-state index >= 15 is 0 Å². The van der Waals surface area contributed by atoms with Crippen molar-refractivity contribution in [3.63, 3.8) is 0 Å². The number of hydrogen-bond donors (Lipinski definition) is 2. The Morgan fingerprint density at radius 2 is 1.84 bits per heavy atom. The van der Waals surface area contributed by atoms with Crippen molar-refractivity contribution in [1.29, 1.82) is 0 Å². The van der Waals surface area contributed by atoms with Crippen molar-refractivity contribution >= 4 is 21.6 Å². The summed E-state index contributed by atoms with van der Waals surface area (Å²) < 4.78 is 37.3. The summed E-state index contributed by atoms with van der Waals surface area (Å²) in [4.78, 5) is -0.00507. The number of rotatable bonds is 5. The van der Waals surface area contributed by atoms with Crippen LogP contribution in [0, 0.1) is 0 Å². The molecule has 0 saturated carbocycles. The molecule has 8 heteroatoms. The molecule has 1 aliphatic heterocycles. The minimum atomic E-state index is -3.65. The molecule has 106 valence electrons. The first-order chi connectivity index (χ1) is 9.04. The maximum absolute atomic E-state index is 12.1. The summed E-state index contributed by atoms with van der Waals surface area (Å²) in [5.41, 5.74) is 0. The predicted molar refractivity (Wildman–Crippen MR) is 71.6 cm³/mol. The molecule has 0 saturated heterocycles. The van der Waals surface area contributed by atoms with Crippen LogP contribution in [0.1, 0.15) is 0 Å². The fraction of sp³-hybridized carbons (Fsp3) is 0.455. The number of sulfonamides is 1. The molecule has 2 N–H and O–H groups in total. The molecule has 1 heterocycles. The number of halogens is 1. The van der Waals surface area contributed by atoms with Crippen LogP contribution in [0.4, 0.5) is 0 Å². The van der Waals surface area contributed by atoms with Gasteiger partial charge in [-0.15, -0.1) is 0 Å². The summed E-state index contributed by atoms with van der Waals surface area (Å²) in [6, 6.07) is 2.85. The molecule has 0 radical (unpaired) electrons. The molecule has 0 atom stereocenters. The molecule has 1 aliphatic rings. The van der Waals surface area contributed by atoms with Gasteiger partial charge in [-0.3, -0.25) is 0 Å². The van der Waals surface area contributed by atoms with Crippen molar-refractivity contribution in [2.24, 2.45) is 0 Å². The quantitative estimate of drug-likeness (QED) is 0.780. The predicted octanol–water partition coefficient (Wildman–Crippen LogP) is 0.609. The number of benzene rings is 1. The highest BCUT2D eigenvalue weighted by atomic mass is 35.5. The highest BCUT2D eigenvalue weighted by Crippen LogP contribution is 2.37. The van der Waals surface area contributed by atoms with E-state index in [9.17, 15) is 8.42 Å². The maximum atomic E-state index is 12.1. The van der Waals surface area contributed by atoms with E-state index in [4.69, 9.17) is 21.1 Å². The van der Waals surface area contributed by atoms with E-state index in [1.54, 1.807) is 7.05 Å². The van der Waals surface area contributed by atoms with Crippen molar-refractivity contribution in [1.82, 2.24) is 10.0 Å². The highest BCUT2D eigenvalue weighted by Gasteiger charge is 2.22. The highest BCUT2D eigenvalue weighted by molar-refractivity contribution is 7.89. The molecular formula is C11H15ClN2O4S. The van der Waals surface area contributed by atoms with Crippen molar-refractivity contribution in [3.8, 4) is 11.5 Å². The van der Waals surface area contributed by atoms with Gasteiger partial charge in [0.15, 0.2) is 11.5 Å². The summed E-state index contributed by atoms with van der Waals surface area (Å²) in [6.45, 7) is 1.63. The van der Waals surface area contributed by atoms with Crippen LogP contribution in [-0.2, 0) is 10.0 Å². The summed E-state index contributed by atoms with van der Waals surface area (Å²) in [6.07, 6.45) is 0. The lowest BCUT2D eigenvalue weighted by atomic mass is 10.3. The Labute approximate surface area is 117 Å². The lowest BCUT2D eigenvalue weighted by molar-refractivity contribution is 0.171. The zero-order chi connectivity index (χ0) is 13.9. The lowest BCUT2D eigenvalue weighted by Gasteiger charge is -2.19. The molecule has 1 aromatic carbocycles. The molecule has 19 heavy (non-hydrogen) atoms. The number of ether oxygens (including phenoxy) is 2. The second kappa shape index (κ2) is 5.96. The molecule has 2 rings (SSSR count). The van der Waals surface area contributed by atoms with E-state index in [1.807, 2.05) is 0 Å². The van der Waals surface area contributed by atoms with Crippen LogP contribution in [0.15, 0.2) is 17.0 Å². The molecule has 0 bridgehead atoms. The molecule has 1 aromatic rings. The normalized spacial score (nSPS) is 14.4. The minimum Gasteiger partial charge on any atom is -0.486 e.